The van der Waals surface area contributed by atoms with Crippen molar-refractivity contribution >= 4 is 34.9 Å². The van der Waals surface area contributed by atoms with Crippen LogP contribution in [0.3, 0.4) is 0 Å². The first-order valence-electron chi connectivity index (χ1n) is 10.4. The lowest BCUT2D eigenvalue weighted by atomic mass is 9.68. The molecule has 10 heteroatoms. The number of nitro benzene ring substituents is 1. The Labute approximate surface area is 188 Å². The molecule has 5 rings (SSSR count). The second-order valence-corrected chi connectivity index (χ2v) is 9.00. The number of nitrogens with one attached hydrogen (secondary N) is 1. The average Bonchev–Trinajstić information content (AvgIpc) is 3.20. The van der Waals surface area contributed by atoms with E-state index in [0.717, 1.165) is 0 Å². The summed E-state index contributed by atoms with van der Waals surface area (Å²) in [5.74, 6) is -4.24. The molecule has 2 saturated heterocycles. The van der Waals surface area contributed by atoms with Crippen LogP contribution in [0.1, 0.15) is 26.3 Å². The Bertz CT molecular complexity index is 1200. The van der Waals surface area contributed by atoms with Crippen molar-refractivity contribution in [1.29, 1.82) is 0 Å². The molecule has 3 aliphatic rings. The first-order chi connectivity index (χ1) is 15.5. The monoisotopic (exact) mass is 451 g/mol. The van der Waals surface area contributed by atoms with Gasteiger partial charge in [0.25, 0.3) is 17.4 Å². The maximum Gasteiger partial charge on any atom is 0.329 e. The second-order valence-electron chi connectivity index (χ2n) is 9.00. The highest BCUT2D eigenvalue weighted by Gasteiger charge is 2.75. The Hall–Kier alpha value is -3.95. The Morgan fingerprint density at radius 2 is 1.64 bits per heavy atom. The molecule has 2 unspecified atom stereocenters. The third-order valence-corrected chi connectivity index (χ3v) is 6.91. The maximum atomic E-state index is 13.6. The van der Waals surface area contributed by atoms with E-state index >= 15 is 0 Å². The van der Waals surface area contributed by atoms with Crippen molar-refractivity contribution < 1.29 is 28.8 Å². The number of nitrogens with zero attached hydrogens (tertiary/aromatic N) is 2. The van der Waals surface area contributed by atoms with Gasteiger partial charge in [0.05, 0.1) is 4.92 Å². The molecule has 0 bridgehead atoms. The molecule has 2 aromatic rings. The molecule has 0 aromatic heterocycles. The number of fused-ring (bicyclic) bond motifs is 2. The van der Waals surface area contributed by atoms with Gasteiger partial charge in [0.15, 0.2) is 11.0 Å². The van der Waals surface area contributed by atoms with Crippen molar-refractivity contribution in [2.75, 3.05) is 16.8 Å². The zero-order valence-electron chi connectivity index (χ0n) is 18.2. The molecule has 1 amide bonds. The first-order valence-corrected chi connectivity index (χ1v) is 10.4. The number of para-hydroxylation sites is 1. The molecule has 10 nitrogen and oxygen atoms in total. The molecule has 170 valence electrons. The summed E-state index contributed by atoms with van der Waals surface area (Å²) in [6.07, 6.45) is 0. The van der Waals surface area contributed by atoms with Crippen LogP contribution in [0.4, 0.5) is 17.1 Å². The number of esters is 2. The lowest BCUT2D eigenvalue weighted by Gasteiger charge is -2.41. The molecule has 2 aromatic carbocycles. The van der Waals surface area contributed by atoms with E-state index in [9.17, 15) is 24.5 Å². The van der Waals surface area contributed by atoms with Gasteiger partial charge in [-0.1, -0.05) is 25.1 Å². The third-order valence-electron chi connectivity index (χ3n) is 6.91. The van der Waals surface area contributed by atoms with E-state index in [2.05, 4.69) is 5.32 Å². The number of nitro groups is 1. The van der Waals surface area contributed by atoms with Crippen LogP contribution in [0.5, 0.6) is 0 Å². The number of ether oxygens (including phenoxy) is 2. The fourth-order valence-corrected chi connectivity index (χ4v) is 5.33. The molecule has 0 saturated carbocycles. The van der Waals surface area contributed by atoms with Gasteiger partial charge in [0.2, 0.25) is 0 Å². The minimum atomic E-state index is -1.77. The highest BCUT2D eigenvalue weighted by molar-refractivity contribution is 6.13. The lowest BCUT2D eigenvalue weighted by Crippen LogP contribution is -2.58. The van der Waals surface area contributed by atoms with Crippen molar-refractivity contribution in [2.45, 2.75) is 32.1 Å². The minimum Gasteiger partial charge on any atom is -0.422 e. The smallest absolute Gasteiger partial charge is 0.329 e. The molecule has 2 spiro atoms. The molecular weight excluding hydrogens is 430 g/mol. The number of hydrogen-bond acceptors (Lipinski definition) is 8. The third kappa shape index (κ3) is 2.57. The molecule has 2 fully saturated rings. The largest absolute Gasteiger partial charge is 0.422 e. The zero-order chi connectivity index (χ0) is 23.8. The van der Waals surface area contributed by atoms with E-state index in [1.54, 1.807) is 36.1 Å². The van der Waals surface area contributed by atoms with Crippen LogP contribution < -0.4 is 10.2 Å². The van der Waals surface area contributed by atoms with Crippen LogP contribution in [-0.4, -0.2) is 35.1 Å². The predicted octanol–water partition coefficient (Wildman–Crippen LogP) is 2.72. The zero-order valence-corrected chi connectivity index (χ0v) is 18.2. The lowest BCUT2D eigenvalue weighted by molar-refractivity contribution is -0.384. The van der Waals surface area contributed by atoms with Gasteiger partial charge < -0.3 is 19.7 Å². The summed E-state index contributed by atoms with van der Waals surface area (Å²) in [6, 6.07) is 12.7. The number of carbonyl (C=O) groups is 3. The number of rotatable bonds is 2. The summed E-state index contributed by atoms with van der Waals surface area (Å²) >= 11 is 0. The molecule has 0 aliphatic carbocycles. The average molecular weight is 451 g/mol. The highest BCUT2D eigenvalue weighted by atomic mass is 16.7. The van der Waals surface area contributed by atoms with Gasteiger partial charge in [0.1, 0.15) is 0 Å². The predicted molar refractivity (Wildman–Crippen MR) is 115 cm³/mol. The fraction of sp³-hybridized carbons (Fsp3) is 0.348. The Morgan fingerprint density at radius 3 is 2.24 bits per heavy atom. The van der Waals surface area contributed by atoms with Crippen LogP contribution in [-0.2, 0) is 29.4 Å². The number of carbonyl (C=O) groups excluding carboxylic acids is 3. The Kier molecular flexibility index (Phi) is 4.14. The topological polar surface area (TPSA) is 128 Å². The molecule has 1 N–H and O–H groups in total. The molecule has 3 aliphatic heterocycles. The van der Waals surface area contributed by atoms with E-state index in [0.29, 0.717) is 16.9 Å². The quantitative estimate of drug-likeness (QED) is 0.319. The first kappa shape index (κ1) is 20.9. The second kappa shape index (κ2) is 6.53. The highest BCUT2D eigenvalue weighted by Crippen LogP contribution is 2.60. The van der Waals surface area contributed by atoms with Crippen molar-refractivity contribution in [1.82, 2.24) is 0 Å². The van der Waals surface area contributed by atoms with Crippen LogP contribution in [0.2, 0.25) is 0 Å². The molecule has 2 atom stereocenters. The van der Waals surface area contributed by atoms with E-state index in [1.807, 2.05) is 0 Å². The van der Waals surface area contributed by atoms with Gasteiger partial charge >= 0.3 is 11.9 Å². The summed E-state index contributed by atoms with van der Waals surface area (Å²) < 4.78 is 11.0. The van der Waals surface area contributed by atoms with Crippen LogP contribution in [0.25, 0.3) is 0 Å². The Morgan fingerprint density at radius 1 is 1.03 bits per heavy atom. The number of amides is 1. The van der Waals surface area contributed by atoms with Gasteiger partial charge in [-0.25, -0.2) is 0 Å². The van der Waals surface area contributed by atoms with Gasteiger partial charge in [-0.2, -0.15) is 0 Å². The summed E-state index contributed by atoms with van der Waals surface area (Å²) in [6.45, 7) is 4.41. The van der Waals surface area contributed by atoms with Crippen LogP contribution in [0, 0.1) is 21.4 Å². The SMILES string of the molecule is CC1C2(CN(c3ccc([N+](=O)[O-])cc3)C13C(=O)Nc1ccccc13)C(=O)OC(C)(C)OC2=O. The van der Waals surface area contributed by atoms with Gasteiger partial charge in [0, 0.05) is 55.4 Å². The van der Waals surface area contributed by atoms with Crippen LogP contribution in [0.15, 0.2) is 48.5 Å². The van der Waals surface area contributed by atoms with Gasteiger partial charge in [-0.3, -0.25) is 24.5 Å². The Balaban J connectivity index is 1.74. The van der Waals surface area contributed by atoms with Crippen molar-refractivity contribution in [3.05, 3.63) is 64.2 Å². The van der Waals surface area contributed by atoms with E-state index in [1.165, 1.54) is 38.1 Å². The number of hydrogen-bond donors (Lipinski definition) is 1. The minimum absolute atomic E-state index is 0.121. The number of benzene rings is 2. The van der Waals surface area contributed by atoms with E-state index in [-0.39, 0.29) is 12.2 Å². The van der Waals surface area contributed by atoms with Gasteiger partial charge in [-0.15, -0.1) is 0 Å². The summed E-state index contributed by atoms with van der Waals surface area (Å²) in [7, 11) is 0. The number of anilines is 2. The summed E-state index contributed by atoms with van der Waals surface area (Å²) in [5.41, 5.74) is -1.72. The van der Waals surface area contributed by atoms with Crippen molar-refractivity contribution in [3.8, 4) is 0 Å². The van der Waals surface area contributed by atoms with E-state index in [4.69, 9.17) is 9.47 Å². The molecule has 0 radical (unpaired) electrons. The summed E-state index contributed by atoms with van der Waals surface area (Å²) in [5, 5.41) is 14.0. The molecular formula is C23H21N3O7. The van der Waals surface area contributed by atoms with Gasteiger partial charge in [-0.05, 0) is 18.2 Å². The molecule has 3 heterocycles. The molecule has 33 heavy (non-hydrogen) atoms. The van der Waals surface area contributed by atoms with Crippen LogP contribution >= 0.6 is 0 Å². The van der Waals surface area contributed by atoms with Crippen molar-refractivity contribution in [2.24, 2.45) is 11.3 Å². The number of cyclic esters (lactones) is 2. The fourth-order valence-electron chi connectivity index (χ4n) is 5.33. The number of non-ortho nitro benzene ring substituents is 1. The standard InChI is InChI=1S/C23H21N3O7/c1-13-22(19(28)32-21(2,3)33-20(22)29)12-25(14-8-10-15(11-9-14)26(30)31)23(13)16-6-4-5-7-17(16)24-18(23)27/h4-11,13H,12H2,1-3H3,(H,24,27). The normalized spacial score (nSPS) is 26.7. The van der Waals surface area contributed by atoms with Crippen molar-refractivity contribution in [3.63, 3.8) is 0 Å². The maximum absolute atomic E-state index is 13.6. The van der Waals surface area contributed by atoms with E-state index < -0.39 is 45.4 Å². The summed E-state index contributed by atoms with van der Waals surface area (Å²) in [4.78, 5) is 52.6.